The molecule has 0 atom stereocenters. The van der Waals surface area contributed by atoms with Crippen LogP contribution in [0.2, 0.25) is 0 Å². The molecule has 0 aliphatic heterocycles. The zero-order valence-corrected chi connectivity index (χ0v) is 15.5. The van der Waals surface area contributed by atoms with Gasteiger partial charge in [-0.2, -0.15) is 0 Å². The molecule has 4 rings (SSSR count). The second-order valence-corrected chi connectivity index (χ2v) is 7.25. The molecule has 0 heteroatoms. The van der Waals surface area contributed by atoms with Crippen molar-refractivity contribution in [3.63, 3.8) is 0 Å². The molecule has 0 unspecified atom stereocenters. The van der Waals surface area contributed by atoms with Gasteiger partial charge in [-0.3, -0.25) is 0 Å². The molecule has 0 saturated heterocycles. The van der Waals surface area contributed by atoms with E-state index in [9.17, 15) is 0 Å². The Balaban J connectivity index is 1.78. The van der Waals surface area contributed by atoms with Crippen molar-refractivity contribution in [3.05, 3.63) is 118 Å². The minimum atomic E-state index is 0.975. The number of hydrogen-bond donors (Lipinski definition) is 0. The number of hydrogen-bond acceptors (Lipinski definition) is 0. The van der Waals surface area contributed by atoms with Gasteiger partial charge in [-0.1, -0.05) is 96.1 Å². The molecule has 0 amide bonds. The number of fused-ring (bicyclic) bond motifs is 1. The summed E-state index contributed by atoms with van der Waals surface area (Å²) in [5.74, 6) is 0. The molecule has 0 aliphatic carbocycles. The molecule has 0 nitrogen and oxygen atoms in total. The van der Waals surface area contributed by atoms with E-state index < -0.39 is 0 Å². The first-order valence-electron chi connectivity index (χ1n) is 9.29. The molecule has 0 bridgehead atoms. The lowest BCUT2D eigenvalue weighted by Crippen LogP contribution is -1.99. The van der Waals surface area contributed by atoms with Crippen LogP contribution in [-0.4, -0.2) is 0 Å². The summed E-state index contributed by atoms with van der Waals surface area (Å²) in [5, 5.41) is 2.69. The van der Waals surface area contributed by atoms with Crippen LogP contribution in [0.1, 0.15) is 33.4 Å². The molecule has 0 saturated carbocycles. The van der Waals surface area contributed by atoms with Crippen molar-refractivity contribution in [2.24, 2.45) is 0 Å². The van der Waals surface area contributed by atoms with E-state index in [0.717, 1.165) is 12.8 Å². The first kappa shape index (κ1) is 16.6. The van der Waals surface area contributed by atoms with Crippen molar-refractivity contribution in [1.29, 1.82) is 0 Å². The van der Waals surface area contributed by atoms with E-state index >= 15 is 0 Å². The van der Waals surface area contributed by atoms with Gasteiger partial charge in [0.2, 0.25) is 0 Å². The summed E-state index contributed by atoms with van der Waals surface area (Å²) in [6, 6.07) is 31.2. The van der Waals surface area contributed by atoms with Gasteiger partial charge >= 0.3 is 0 Å². The van der Waals surface area contributed by atoms with Crippen LogP contribution in [0.5, 0.6) is 0 Å². The fraction of sp³-hybridized carbons (Fsp3) is 0.154. The van der Waals surface area contributed by atoms with E-state index in [2.05, 4.69) is 98.8 Å². The number of aryl methyl sites for hydroxylation is 2. The highest BCUT2D eigenvalue weighted by Gasteiger charge is 2.09. The summed E-state index contributed by atoms with van der Waals surface area (Å²) in [6.07, 6.45) is 1.95. The number of rotatable bonds is 4. The molecule has 0 aliphatic rings. The topological polar surface area (TPSA) is 0 Å². The molecule has 0 spiro atoms. The lowest BCUT2D eigenvalue weighted by molar-refractivity contribution is 1.10. The fourth-order valence-corrected chi connectivity index (χ4v) is 3.59. The van der Waals surface area contributed by atoms with Crippen molar-refractivity contribution in [2.45, 2.75) is 26.7 Å². The van der Waals surface area contributed by atoms with Gasteiger partial charge in [0, 0.05) is 0 Å². The van der Waals surface area contributed by atoms with Gasteiger partial charge < -0.3 is 0 Å². The third-order valence-electron chi connectivity index (χ3n) is 5.15. The Kier molecular flexibility index (Phi) is 4.58. The summed E-state index contributed by atoms with van der Waals surface area (Å²) in [7, 11) is 0. The maximum Gasteiger partial charge on any atom is -0.00168 e. The zero-order chi connectivity index (χ0) is 17.9. The molecular weight excluding hydrogens is 312 g/mol. The van der Waals surface area contributed by atoms with E-state index in [0.29, 0.717) is 0 Å². The second kappa shape index (κ2) is 7.17. The molecule has 4 aromatic rings. The maximum absolute atomic E-state index is 2.31. The average molecular weight is 336 g/mol. The van der Waals surface area contributed by atoms with Crippen molar-refractivity contribution in [1.82, 2.24) is 0 Å². The summed E-state index contributed by atoms with van der Waals surface area (Å²) < 4.78 is 0. The molecule has 26 heavy (non-hydrogen) atoms. The van der Waals surface area contributed by atoms with Crippen LogP contribution in [-0.2, 0) is 12.8 Å². The summed E-state index contributed by atoms with van der Waals surface area (Å²) in [5.41, 5.74) is 8.24. The standard InChI is InChI=1S/C26H24/c1-19-7-11-21(12-8-19)17-24-16-15-23-5-3-4-6-25(23)26(24)18-22-13-9-20(2)10-14-22/h3-16H,17-18H2,1-2H3. The van der Waals surface area contributed by atoms with Crippen molar-refractivity contribution < 1.29 is 0 Å². The van der Waals surface area contributed by atoms with E-state index in [4.69, 9.17) is 0 Å². The molecule has 0 heterocycles. The predicted molar refractivity (Wildman–Crippen MR) is 112 cm³/mol. The third-order valence-corrected chi connectivity index (χ3v) is 5.15. The minimum Gasteiger partial charge on any atom is -0.0616 e. The van der Waals surface area contributed by atoms with Gasteiger partial charge in [0.1, 0.15) is 0 Å². The minimum absolute atomic E-state index is 0.975. The Bertz CT molecular complexity index is 1020. The van der Waals surface area contributed by atoms with Gasteiger partial charge in [-0.05, 0) is 59.7 Å². The monoisotopic (exact) mass is 336 g/mol. The van der Waals surface area contributed by atoms with Crippen LogP contribution in [0.3, 0.4) is 0 Å². The summed E-state index contributed by atoms with van der Waals surface area (Å²) >= 11 is 0. The van der Waals surface area contributed by atoms with Gasteiger partial charge in [0.25, 0.3) is 0 Å². The highest BCUT2D eigenvalue weighted by molar-refractivity contribution is 5.87. The lowest BCUT2D eigenvalue weighted by Gasteiger charge is -2.14. The second-order valence-electron chi connectivity index (χ2n) is 7.25. The Morgan fingerprint density at radius 3 is 1.77 bits per heavy atom. The van der Waals surface area contributed by atoms with Crippen molar-refractivity contribution in [3.8, 4) is 0 Å². The predicted octanol–water partition coefficient (Wildman–Crippen LogP) is 6.64. The van der Waals surface area contributed by atoms with Crippen LogP contribution in [0.4, 0.5) is 0 Å². The molecule has 4 aromatic carbocycles. The Hall–Kier alpha value is -2.86. The summed E-state index contributed by atoms with van der Waals surface area (Å²) in [6.45, 7) is 4.28. The number of benzene rings is 4. The lowest BCUT2D eigenvalue weighted by atomic mass is 9.90. The zero-order valence-electron chi connectivity index (χ0n) is 15.5. The SMILES string of the molecule is Cc1ccc(Cc2ccc3ccccc3c2Cc2ccc(C)cc2)cc1. The van der Waals surface area contributed by atoms with Gasteiger partial charge in [-0.25, -0.2) is 0 Å². The average Bonchev–Trinajstić information content (AvgIpc) is 2.67. The highest BCUT2D eigenvalue weighted by Crippen LogP contribution is 2.27. The highest BCUT2D eigenvalue weighted by atomic mass is 14.1. The van der Waals surface area contributed by atoms with Gasteiger partial charge in [0.05, 0.1) is 0 Å². The van der Waals surface area contributed by atoms with E-state index in [1.807, 2.05) is 0 Å². The first-order valence-corrected chi connectivity index (χ1v) is 9.29. The van der Waals surface area contributed by atoms with Crippen molar-refractivity contribution >= 4 is 10.8 Å². The van der Waals surface area contributed by atoms with Crippen LogP contribution in [0, 0.1) is 13.8 Å². The Morgan fingerprint density at radius 1 is 0.538 bits per heavy atom. The summed E-state index contributed by atoms with van der Waals surface area (Å²) in [4.78, 5) is 0. The van der Waals surface area contributed by atoms with Crippen molar-refractivity contribution in [2.75, 3.05) is 0 Å². The molecule has 0 radical (unpaired) electrons. The molecular formula is C26H24. The van der Waals surface area contributed by atoms with Crippen LogP contribution < -0.4 is 0 Å². The van der Waals surface area contributed by atoms with Crippen LogP contribution >= 0.6 is 0 Å². The van der Waals surface area contributed by atoms with E-state index in [1.54, 1.807) is 0 Å². The fourth-order valence-electron chi connectivity index (χ4n) is 3.59. The largest absolute Gasteiger partial charge is 0.0616 e. The smallest absolute Gasteiger partial charge is 0.00168 e. The normalized spacial score (nSPS) is 11.0. The maximum atomic E-state index is 2.31. The Labute approximate surface area is 156 Å². The molecule has 128 valence electrons. The molecule has 0 aromatic heterocycles. The van der Waals surface area contributed by atoms with E-state index in [1.165, 1.54) is 44.2 Å². The van der Waals surface area contributed by atoms with Crippen LogP contribution in [0.15, 0.2) is 84.9 Å². The first-order chi connectivity index (χ1) is 12.7. The third kappa shape index (κ3) is 3.55. The van der Waals surface area contributed by atoms with Crippen LogP contribution in [0.25, 0.3) is 10.8 Å². The molecule has 0 N–H and O–H groups in total. The van der Waals surface area contributed by atoms with Gasteiger partial charge in [-0.15, -0.1) is 0 Å². The quantitative estimate of drug-likeness (QED) is 0.392. The van der Waals surface area contributed by atoms with Gasteiger partial charge in [0.15, 0.2) is 0 Å². The molecule has 0 fully saturated rings. The van der Waals surface area contributed by atoms with E-state index in [-0.39, 0.29) is 0 Å². The Morgan fingerprint density at radius 2 is 1.12 bits per heavy atom.